The second-order valence-electron chi connectivity index (χ2n) is 5.22. The first-order valence-corrected chi connectivity index (χ1v) is 7.86. The van der Waals surface area contributed by atoms with Crippen LogP contribution in [0.2, 0.25) is 5.02 Å². The summed E-state index contributed by atoms with van der Waals surface area (Å²) in [5, 5.41) is 5.70. The molecule has 0 aliphatic heterocycles. The van der Waals surface area contributed by atoms with Crippen molar-refractivity contribution >= 4 is 29.1 Å². The van der Waals surface area contributed by atoms with Crippen LogP contribution in [0.3, 0.4) is 0 Å². The highest BCUT2D eigenvalue weighted by Crippen LogP contribution is 2.22. The van der Waals surface area contributed by atoms with Gasteiger partial charge >= 0.3 is 11.8 Å². The summed E-state index contributed by atoms with van der Waals surface area (Å²) in [6.07, 6.45) is 0.624. The van der Waals surface area contributed by atoms with Crippen LogP contribution in [0.5, 0.6) is 5.75 Å². The van der Waals surface area contributed by atoms with Crippen molar-refractivity contribution < 1.29 is 14.3 Å². The Kier molecular flexibility index (Phi) is 6.21. The largest absolute Gasteiger partial charge is 0.497 e. The van der Waals surface area contributed by atoms with E-state index in [2.05, 4.69) is 10.6 Å². The number of anilines is 1. The van der Waals surface area contributed by atoms with Crippen LogP contribution in [0.1, 0.15) is 11.1 Å². The van der Waals surface area contributed by atoms with Crippen LogP contribution in [-0.2, 0) is 16.0 Å². The molecule has 24 heavy (non-hydrogen) atoms. The summed E-state index contributed by atoms with van der Waals surface area (Å²) in [7, 11) is 1.61. The number of halogens is 1. The van der Waals surface area contributed by atoms with Gasteiger partial charge in [-0.25, -0.2) is 0 Å². The number of carbonyl (C=O) groups is 2. The zero-order chi connectivity index (χ0) is 17.5. The van der Waals surface area contributed by atoms with E-state index in [4.69, 9.17) is 16.3 Å². The molecule has 2 aromatic carbocycles. The minimum absolute atomic E-state index is 0.368. The van der Waals surface area contributed by atoms with Gasteiger partial charge in [-0.1, -0.05) is 29.8 Å². The Morgan fingerprint density at radius 3 is 2.46 bits per heavy atom. The van der Waals surface area contributed by atoms with Crippen LogP contribution >= 0.6 is 11.6 Å². The fourth-order valence-corrected chi connectivity index (χ4v) is 2.29. The Morgan fingerprint density at radius 2 is 1.79 bits per heavy atom. The molecule has 0 heterocycles. The molecule has 2 aromatic rings. The smallest absolute Gasteiger partial charge is 0.313 e. The third-order valence-electron chi connectivity index (χ3n) is 3.58. The topological polar surface area (TPSA) is 67.4 Å². The maximum atomic E-state index is 11.9. The number of methoxy groups -OCH3 is 1. The van der Waals surface area contributed by atoms with Gasteiger partial charge in [0, 0.05) is 17.3 Å². The van der Waals surface area contributed by atoms with Crippen LogP contribution in [0.4, 0.5) is 5.69 Å². The van der Waals surface area contributed by atoms with Crippen molar-refractivity contribution in [1.82, 2.24) is 5.32 Å². The molecule has 2 rings (SSSR count). The molecule has 126 valence electrons. The average molecular weight is 347 g/mol. The van der Waals surface area contributed by atoms with Crippen LogP contribution in [0, 0.1) is 6.92 Å². The molecule has 5 nitrogen and oxygen atoms in total. The van der Waals surface area contributed by atoms with E-state index in [1.54, 1.807) is 32.2 Å². The normalized spacial score (nSPS) is 10.1. The minimum atomic E-state index is -0.713. The number of hydrogen-bond acceptors (Lipinski definition) is 3. The van der Waals surface area contributed by atoms with Crippen molar-refractivity contribution in [1.29, 1.82) is 0 Å². The highest BCUT2D eigenvalue weighted by atomic mass is 35.5. The molecule has 2 amide bonds. The molecule has 2 N–H and O–H groups in total. The molecular formula is C18H19ClN2O3. The van der Waals surface area contributed by atoms with Gasteiger partial charge in [-0.05, 0) is 48.7 Å². The van der Waals surface area contributed by atoms with Gasteiger partial charge in [0.2, 0.25) is 0 Å². The zero-order valence-electron chi connectivity index (χ0n) is 13.6. The highest BCUT2D eigenvalue weighted by Gasteiger charge is 2.14. The third-order valence-corrected chi connectivity index (χ3v) is 3.99. The number of ether oxygens (including phenoxy) is 1. The van der Waals surface area contributed by atoms with E-state index in [1.165, 1.54) is 0 Å². The average Bonchev–Trinajstić information content (AvgIpc) is 2.59. The van der Waals surface area contributed by atoms with Gasteiger partial charge in [-0.15, -0.1) is 0 Å². The summed E-state index contributed by atoms with van der Waals surface area (Å²) in [6, 6.07) is 12.7. The van der Waals surface area contributed by atoms with E-state index < -0.39 is 11.8 Å². The molecule has 0 bridgehead atoms. The molecule has 0 fully saturated rings. The number of rotatable bonds is 5. The van der Waals surface area contributed by atoms with Gasteiger partial charge in [-0.3, -0.25) is 9.59 Å². The van der Waals surface area contributed by atoms with Crippen molar-refractivity contribution in [2.24, 2.45) is 0 Å². The molecule has 0 aliphatic rings. The molecule has 0 radical (unpaired) electrons. The van der Waals surface area contributed by atoms with E-state index in [9.17, 15) is 9.59 Å². The predicted octanol–water partition coefficient (Wildman–Crippen LogP) is 2.95. The first-order chi connectivity index (χ1) is 11.5. The lowest BCUT2D eigenvalue weighted by molar-refractivity contribution is -0.136. The lowest BCUT2D eigenvalue weighted by Crippen LogP contribution is -2.36. The predicted molar refractivity (Wildman–Crippen MR) is 94.5 cm³/mol. The summed E-state index contributed by atoms with van der Waals surface area (Å²) < 4.78 is 5.09. The standard InChI is InChI=1S/C18H19ClN2O3/c1-12-15(19)4-3-5-16(12)21-18(23)17(22)20-11-10-13-6-8-14(24-2)9-7-13/h3-9H,10-11H2,1-2H3,(H,20,22)(H,21,23). The molecule has 0 aliphatic carbocycles. The van der Waals surface area contributed by atoms with E-state index in [0.717, 1.165) is 16.9 Å². The molecule has 0 atom stereocenters. The maximum absolute atomic E-state index is 11.9. The van der Waals surface area contributed by atoms with E-state index in [-0.39, 0.29) is 0 Å². The minimum Gasteiger partial charge on any atom is -0.497 e. The Bertz CT molecular complexity index is 730. The maximum Gasteiger partial charge on any atom is 0.313 e. The van der Waals surface area contributed by atoms with E-state index in [0.29, 0.717) is 23.7 Å². The SMILES string of the molecule is COc1ccc(CCNC(=O)C(=O)Nc2cccc(Cl)c2C)cc1. The Labute approximate surface area is 146 Å². The van der Waals surface area contributed by atoms with Gasteiger partial charge in [0.15, 0.2) is 0 Å². The summed E-state index contributed by atoms with van der Waals surface area (Å²) in [4.78, 5) is 23.8. The molecule has 6 heteroatoms. The first kappa shape index (κ1) is 17.8. The number of carbonyl (C=O) groups excluding carboxylic acids is 2. The van der Waals surface area contributed by atoms with Crippen LogP contribution < -0.4 is 15.4 Å². The quantitative estimate of drug-likeness (QED) is 0.818. The highest BCUT2D eigenvalue weighted by molar-refractivity contribution is 6.40. The summed E-state index contributed by atoms with van der Waals surface area (Å²) in [5.74, 6) is -0.614. The second kappa shape index (κ2) is 8.36. The van der Waals surface area contributed by atoms with Crippen LogP contribution in [0.25, 0.3) is 0 Å². The van der Waals surface area contributed by atoms with Crippen molar-refractivity contribution in [3.05, 3.63) is 58.6 Å². The van der Waals surface area contributed by atoms with Gasteiger partial charge in [-0.2, -0.15) is 0 Å². The molecule has 0 unspecified atom stereocenters. The van der Waals surface area contributed by atoms with E-state index >= 15 is 0 Å². The summed E-state index contributed by atoms with van der Waals surface area (Å²) >= 11 is 5.99. The van der Waals surface area contributed by atoms with Crippen LogP contribution in [0.15, 0.2) is 42.5 Å². The summed E-state index contributed by atoms with van der Waals surface area (Å²) in [5.41, 5.74) is 2.29. The van der Waals surface area contributed by atoms with Crippen molar-refractivity contribution in [2.75, 3.05) is 19.0 Å². The fourth-order valence-electron chi connectivity index (χ4n) is 2.11. The zero-order valence-corrected chi connectivity index (χ0v) is 14.3. The molecule has 0 spiro atoms. The Hall–Kier alpha value is -2.53. The lowest BCUT2D eigenvalue weighted by Gasteiger charge is -2.10. The lowest BCUT2D eigenvalue weighted by atomic mass is 10.1. The number of amides is 2. The van der Waals surface area contributed by atoms with Crippen molar-refractivity contribution in [3.8, 4) is 5.75 Å². The molecule has 0 saturated carbocycles. The monoisotopic (exact) mass is 346 g/mol. The summed E-state index contributed by atoms with van der Waals surface area (Å²) in [6.45, 7) is 2.15. The van der Waals surface area contributed by atoms with Crippen molar-refractivity contribution in [3.63, 3.8) is 0 Å². The molecule has 0 saturated heterocycles. The Balaban J connectivity index is 1.83. The van der Waals surface area contributed by atoms with Gasteiger partial charge in [0.1, 0.15) is 5.75 Å². The van der Waals surface area contributed by atoms with E-state index in [1.807, 2.05) is 24.3 Å². The van der Waals surface area contributed by atoms with Gasteiger partial charge in [0.05, 0.1) is 7.11 Å². The van der Waals surface area contributed by atoms with Crippen LogP contribution in [-0.4, -0.2) is 25.5 Å². The Morgan fingerprint density at radius 1 is 1.08 bits per heavy atom. The second-order valence-corrected chi connectivity index (χ2v) is 5.63. The fraction of sp³-hybridized carbons (Fsp3) is 0.222. The van der Waals surface area contributed by atoms with Crippen molar-refractivity contribution in [2.45, 2.75) is 13.3 Å². The first-order valence-electron chi connectivity index (χ1n) is 7.48. The number of hydrogen-bond donors (Lipinski definition) is 2. The molecule has 0 aromatic heterocycles. The van der Waals surface area contributed by atoms with Gasteiger partial charge in [0.25, 0.3) is 0 Å². The number of nitrogens with one attached hydrogen (secondary N) is 2. The van der Waals surface area contributed by atoms with Gasteiger partial charge < -0.3 is 15.4 Å². The molecular weight excluding hydrogens is 328 g/mol. The number of benzene rings is 2. The third kappa shape index (κ3) is 4.73.